The van der Waals surface area contributed by atoms with Crippen LogP contribution in [-0.2, 0) is 0 Å². The third-order valence-corrected chi connectivity index (χ3v) is 4.44. The van der Waals surface area contributed by atoms with Crippen molar-refractivity contribution in [1.29, 1.82) is 0 Å². The fourth-order valence-corrected chi connectivity index (χ4v) is 3.04. The first kappa shape index (κ1) is 11.3. The highest BCUT2D eigenvalue weighted by Gasteiger charge is 2.27. The normalized spacial score (nSPS) is 31.3. The van der Waals surface area contributed by atoms with Crippen LogP contribution in [0.1, 0.15) is 39.5 Å². The van der Waals surface area contributed by atoms with Crippen LogP contribution in [0.15, 0.2) is 4.99 Å². The standard InChI is InChI=1S/C12H22N2S/c1-3-11-6-7-15-12(14-11)13-8-9(2)10-4-5-10/h9-11H,3-8H2,1-2H3,(H,13,14). The minimum absolute atomic E-state index is 0.668. The summed E-state index contributed by atoms with van der Waals surface area (Å²) in [7, 11) is 0. The summed E-state index contributed by atoms with van der Waals surface area (Å²) in [5, 5.41) is 4.73. The maximum atomic E-state index is 4.71. The van der Waals surface area contributed by atoms with E-state index in [4.69, 9.17) is 4.99 Å². The van der Waals surface area contributed by atoms with E-state index in [0.29, 0.717) is 6.04 Å². The van der Waals surface area contributed by atoms with Crippen LogP contribution in [0.3, 0.4) is 0 Å². The monoisotopic (exact) mass is 226 g/mol. The Morgan fingerprint density at radius 3 is 2.93 bits per heavy atom. The number of rotatable bonds is 4. The molecule has 0 aromatic heterocycles. The maximum absolute atomic E-state index is 4.71. The number of aliphatic imine (C=N–C) groups is 1. The number of thioether (sulfide) groups is 1. The summed E-state index contributed by atoms with van der Waals surface area (Å²) >= 11 is 1.90. The van der Waals surface area contributed by atoms with Crippen molar-refractivity contribution in [2.24, 2.45) is 16.8 Å². The van der Waals surface area contributed by atoms with Crippen molar-refractivity contribution in [2.75, 3.05) is 12.3 Å². The molecule has 2 atom stereocenters. The fourth-order valence-electron chi connectivity index (χ4n) is 2.03. The van der Waals surface area contributed by atoms with Crippen LogP contribution in [0, 0.1) is 11.8 Å². The molecule has 2 fully saturated rings. The summed E-state index contributed by atoms with van der Waals surface area (Å²) < 4.78 is 0. The minimum atomic E-state index is 0.668. The highest BCUT2D eigenvalue weighted by molar-refractivity contribution is 8.13. The van der Waals surface area contributed by atoms with E-state index in [1.165, 1.54) is 36.6 Å². The lowest BCUT2D eigenvalue weighted by atomic mass is 10.1. The predicted octanol–water partition coefficient (Wildman–Crippen LogP) is 2.89. The van der Waals surface area contributed by atoms with Crippen LogP contribution in [0.25, 0.3) is 0 Å². The first-order valence-corrected chi connectivity index (χ1v) is 7.22. The quantitative estimate of drug-likeness (QED) is 0.797. The highest BCUT2D eigenvalue weighted by Crippen LogP contribution is 2.36. The molecule has 0 aromatic rings. The first-order chi connectivity index (χ1) is 7.29. The van der Waals surface area contributed by atoms with Crippen LogP contribution < -0.4 is 5.32 Å². The summed E-state index contributed by atoms with van der Waals surface area (Å²) in [6.07, 6.45) is 5.38. The zero-order valence-corrected chi connectivity index (χ0v) is 10.6. The average molecular weight is 226 g/mol. The number of nitrogens with one attached hydrogen (secondary N) is 1. The van der Waals surface area contributed by atoms with Gasteiger partial charge in [-0.05, 0) is 37.5 Å². The molecule has 3 heteroatoms. The molecule has 2 aliphatic rings. The molecule has 0 amide bonds. The van der Waals surface area contributed by atoms with Crippen molar-refractivity contribution < 1.29 is 0 Å². The number of amidine groups is 1. The number of nitrogens with zero attached hydrogens (tertiary/aromatic N) is 1. The smallest absolute Gasteiger partial charge is 0.156 e. The average Bonchev–Trinajstić information content (AvgIpc) is 3.10. The summed E-state index contributed by atoms with van der Waals surface area (Å²) in [5.41, 5.74) is 0. The molecule has 15 heavy (non-hydrogen) atoms. The van der Waals surface area contributed by atoms with Crippen molar-refractivity contribution in [3.63, 3.8) is 0 Å². The Balaban J connectivity index is 1.77. The second kappa shape index (κ2) is 5.24. The molecular formula is C12H22N2S. The van der Waals surface area contributed by atoms with Gasteiger partial charge in [0.2, 0.25) is 0 Å². The van der Waals surface area contributed by atoms with Gasteiger partial charge in [-0.15, -0.1) is 0 Å². The SMILES string of the molecule is CCC1CCSC(=NCC(C)C2CC2)N1. The Morgan fingerprint density at radius 2 is 2.27 bits per heavy atom. The first-order valence-electron chi connectivity index (χ1n) is 6.23. The molecule has 1 N–H and O–H groups in total. The molecule has 2 nitrogen and oxygen atoms in total. The largest absolute Gasteiger partial charge is 0.362 e. The van der Waals surface area contributed by atoms with E-state index >= 15 is 0 Å². The van der Waals surface area contributed by atoms with Crippen molar-refractivity contribution in [2.45, 2.75) is 45.6 Å². The van der Waals surface area contributed by atoms with Crippen LogP contribution in [0.4, 0.5) is 0 Å². The van der Waals surface area contributed by atoms with Gasteiger partial charge in [-0.3, -0.25) is 4.99 Å². The zero-order chi connectivity index (χ0) is 10.7. The van der Waals surface area contributed by atoms with Gasteiger partial charge in [0.05, 0.1) is 0 Å². The Morgan fingerprint density at radius 1 is 1.47 bits per heavy atom. The van der Waals surface area contributed by atoms with Crippen LogP contribution in [0.2, 0.25) is 0 Å². The fraction of sp³-hybridized carbons (Fsp3) is 0.917. The summed E-state index contributed by atoms with van der Waals surface area (Å²) in [6, 6.07) is 0.668. The van der Waals surface area contributed by atoms with E-state index in [2.05, 4.69) is 19.2 Å². The molecule has 1 saturated carbocycles. The van der Waals surface area contributed by atoms with Gasteiger partial charge in [0.25, 0.3) is 0 Å². The topological polar surface area (TPSA) is 24.4 Å². The van der Waals surface area contributed by atoms with Gasteiger partial charge < -0.3 is 5.32 Å². The second-order valence-corrected chi connectivity index (χ2v) is 5.93. The molecule has 86 valence electrons. The van der Waals surface area contributed by atoms with Crippen molar-refractivity contribution in [1.82, 2.24) is 5.32 Å². The molecule has 1 aliphatic carbocycles. The molecule has 1 saturated heterocycles. The van der Waals surface area contributed by atoms with E-state index in [-0.39, 0.29) is 0 Å². The maximum Gasteiger partial charge on any atom is 0.156 e. The van der Waals surface area contributed by atoms with Gasteiger partial charge in [-0.1, -0.05) is 25.6 Å². The lowest BCUT2D eigenvalue weighted by molar-refractivity contribution is 0.518. The van der Waals surface area contributed by atoms with Crippen LogP contribution in [0.5, 0.6) is 0 Å². The van der Waals surface area contributed by atoms with Crippen molar-refractivity contribution in [3.05, 3.63) is 0 Å². The Bertz CT molecular complexity index is 236. The molecule has 0 radical (unpaired) electrons. The molecule has 0 bridgehead atoms. The van der Waals surface area contributed by atoms with Gasteiger partial charge in [0, 0.05) is 18.3 Å². The molecular weight excluding hydrogens is 204 g/mol. The highest BCUT2D eigenvalue weighted by atomic mass is 32.2. The second-order valence-electron chi connectivity index (χ2n) is 4.85. The third-order valence-electron chi connectivity index (χ3n) is 3.48. The molecule has 0 spiro atoms. The molecule has 0 aromatic carbocycles. The lowest BCUT2D eigenvalue weighted by Gasteiger charge is -2.24. The van der Waals surface area contributed by atoms with E-state index in [1.54, 1.807) is 0 Å². The Labute approximate surface area is 97.3 Å². The zero-order valence-electron chi connectivity index (χ0n) is 9.83. The van der Waals surface area contributed by atoms with Gasteiger partial charge in [0.15, 0.2) is 5.17 Å². The number of hydrogen-bond acceptors (Lipinski definition) is 2. The third kappa shape index (κ3) is 3.40. The Kier molecular flexibility index (Phi) is 3.95. The minimum Gasteiger partial charge on any atom is -0.362 e. The van der Waals surface area contributed by atoms with Gasteiger partial charge in [0.1, 0.15) is 0 Å². The van der Waals surface area contributed by atoms with Gasteiger partial charge in [-0.25, -0.2) is 0 Å². The van der Waals surface area contributed by atoms with E-state index in [0.717, 1.165) is 18.4 Å². The van der Waals surface area contributed by atoms with Crippen molar-refractivity contribution >= 4 is 16.9 Å². The van der Waals surface area contributed by atoms with Crippen LogP contribution in [-0.4, -0.2) is 23.5 Å². The van der Waals surface area contributed by atoms with Gasteiger partial charge >= 0.3 is 0 Å². The van der Waals surface area contributed by atoms with Crippen molar-refractivity contribution in [3.8, 4) is 0 Å². The number of hydrogen-bond donors (Lipinski definition) is 1. The molecule has 2 unspecified atom stereocenters. The van der Waals surface area contributed by atoms with Crippen LogP contribution >= 0.6 is 11.8 Å². The molecule has 1 heterocycles. The van der Waals surface area contributed by atoms with E-state index in [1.807, 2.05) is 11.8 Å². The molecule has 2 rings (SSSR count). The summed E-state index contributed by atoms with van der Waals surface area (Å²) in [6.45, 7) is 5.61. The summed E-state index contributed by atoms with van der Waals surface area (Å²) in [5.74, 6) is 3.01. The predicted molar refractivity (Wildman–Crippen MR) is 68.5 cm³/mol. The van der Waals surface area contributed by atoms with E-state index in [9.17, 15) is 0 Å². The molecule has 1 aliphatic heterocycles. The van der Waals surface area contributed by atoms with Gasteiger partial charge in [-0.2, -0.15) is 0 Å². The summed E-state index contributed by atoms with van der Waals surface area (Å²) in [4.78, 5) is 4.71. The lowest BCUT2D eigenvalue weighted by Crippen LogP contribution is -2.37. The van der Waals surface area contributed by atoms with E-state index < -0.39 is 0 Å². The Hall–Kier alpha value is -0.180.